The molecule has 0 radical (unpaired) electrons. The highest BCUT2D eigenvalue weighted by atomic mass is 16.4. The van der Waals surface area contributed by atoms with E-state index in [0.29, 0.717) is 11.1 Å². The average molecular weight is 553 g/mol. The molecule has 0 atom stereocenters. The number of amides is 4. The number of benzene rings is 2. The maximum atomic E-state index is 12.0. The summed E-state index contributed by atoms with van der Waals surface area (Å²) < 4.78 is 0. The highest BCUT2D eigenvalue weighted by molar-refractivity contribution is 5.99. The van der Waals surface area contributed by atoms with E-state index in [1.807, 2.05) is 0 Å². The molecule has 2 aromatic rings. The summed E-state index contributed by atoms with van der Waals surface area (Å²) in [6.07, 6.45) is 0.111. The maximum absolute atomic E-state index is 12.0. The monoisotopic (exact) mass is 552 g/mol. The lowest BCUT2D eigenvalue weighted by Crippen LogP contribution is -2.37. The summed E-state index contributed by atoms with van der Waals surface area (Å²) in [4.78, 5) is 71.4. The quantitative estimate of drug-likeness (QED) is 0.132. The summed E-state index contributed by atoms with van der Waals surface area (Å²) in [6.45, 7) is -0.377. The molecule has 0 aromatic heterocycles. The van der Waals surface area contributed by atoms with Crippen molar-refractivity contribution in [1.82, 2.24) is 21.3 Å². The van der Waals surface area contributed by atoms with Gasteiger partial charge in [0.05, 0.1) is 13.1 Å². The number of rotatable bonds is 16. The topological polar surface area (TPSA) is 191 Å². The Balaban J connectivity index is 1.74. The molecule has 0 fully saturated rings. The molecule has 0 unspecified atom stereocenters. The summed E-state index contributed by atoms with van der Waals surface area (Å²) in [5.41, 5.74) is 0.227. The first kappa shape index (κ1) is 31.2. The lowest BCUT2D eigenvalue weighted by Gasteiger charge is -2.11. The van der Waals surface area contributed by atoms with Gasteiger partial charge in [-0.15, -0.1) is 0 Å². The van der Waals surface area contributed by atoms with Crippen molar-refractivity contribution in [1.29, 1.82) is 0 Å². The molecule has 212 valence electrons. The third kappa shape index (κ3) is 11.2. The van der Waals surface area contributed by atoms with Gasteiger partial charge < -0.3 is 31.5 Å². The molecule has 0 aliphatic rings. The molecule has 2 aromatic carbocycles. The Morgan fingerprint density at radius 2 is 0.875 bits per heavy atom. The predicted octanol–water partition coefficient (Wildman–Crippen LogP) is 1.11. The van der Waals surface area contributed by atoms with Crippen LogP contribution in [0.2, 0.25) is 0 Å². The Kier molecular flexibility index (Phi) is 13.1. The van der Waals surface area contributed by atoms with Crippen LogP contribution >= 0.6 is 0 Å². The largest absolute Gasteiger partial charge is 0.478 e. The van der Waals surface area contributed by atoms with E-state index in [1.165, 1.54) is 0 Å². The van der Waals surface area contributed by atoms with Crippen LogP contribution in [0.3, 0.4) is 0 Å². The lowest BCUT2D eigenvalue weighted by atomic mass is 9.99. The van der Waals surface area contributed by atoms with Gasteiger partial charge in [-0.1, -0.05) is 36.4 Å². The van der Waals surface area contributed by atoms with Crippen molar-refractivity contribution in [3.8, 4) is 0 Å². The molecule has 12 heteroatoms. The van der Waals surface area contributed by atoms with Crippen molar-refractivity contribution in [2.45, 2.75) is 25.7 Å². The standard InChI is InChI=1S/C28H32N4O8/c33-23(17-31-25(35)19-9-3-1-4-10-19)29-15-7-13-21(27(37)38)22(28(39)40)14-8-16-30-24(34)18-32-26(36)20-11-5-2-6-12-20/h1-6,9-12H,7-8,13-18H2,(H,29,33)(H,30,34)(H,31,35)(H,32,36)(H,37,38)(H,39,40)/b22-21+. The third-order valence-corrected chi connectivity index (χ3v) is 5.62. The van der Waals surface area contributed by atoms with Gasteiger partial charge in [0.1, 0.15) is 0 Å². The van der Waals surface area contributed by atoms with Crippen LogP contribution in [0.25, 0.3) is 0 Å². The van der Waals surface area contributed by atoms with Gasteiger partial charge in [-0.3, -0.25) is 19.2 Å². The average Bonchev–Trinajstić information content (AvgIpc) is 2.95. The smallest absolute Gasteiger partial charge is 0.332 e. The van der Waals surface area contributed by atoms with Crippen molar-refractivity contribution in [2.75, 3.05) is 26.2 Å². The summed E-state index contributed by atoms with van der Waals surface area (Å²) in [5, 5.41) is 29.2. The lowest BCUT2D eigenvalue weighted by molar-refractivity contribution is -0.136. The van der Waals surface area contributed by atoms with E-state index in [-0.39, 0.29) is 63.0 Å². The van der Waals surface area contributed by atoms with Crippen LogP contribution in [0.15, 0.2) is 71.8 Å². The van der Waals surface area contributed by atoms with Gasteiger partial charge >= 0.3 is 11.9 Å². The second-order valence-corrected chi connectivity index (χ2v) is 8.57. The Bertz CT molecular complexity index is 1130. The summed E-state index contributed by atoms with van der Waals surface area (Å²) >= 11 is 0. The number of hydrogen-bond donors (Lipinski definition) is 6. The second kappa shape index (κ2) is 16.8. The second-order valence-electron chi connectivity index (χ2n) is 8.57. The van der Waals surface area contributed by atoms with Crippen LogP contribution < -0.4 is 21.3 Å². The molecule has 2 rings (SSSR count). The molecule has 0 aliphatic carbocycles. The molecular weight excluding hydrogens is 520 g/mol. The minimum atomic E-state index is -1.38. The van der Waals surface area contributed by atoms with E-state index < -0.39 is 35.6 Å². The highest BCUT2D eigenvalue weighted by Gasteiger charge is 2.20. The van der Waals surface area contributed by atoms with E-state index >= 15 is 0 Å². The van der Waals surface area contributed by atoms with Crippen LogP contribution in [0.1, 0.15) is 46.4 Å². The van der Waals surface area contributed by atoms with Crippen LogP contribution in [0.4, 0.5) is 0 Å². The summed E-state index contributed by atoms with van der Waals surface area (Å²) in [5.74, 6) is -4.53. The Labute approximate surface area is 230 Å². The molecule has 6 N–H and O–H groups in total. The molecule has 4 amide bonds. The van der Waals surface area contributed by atoms with Crippen molar-refractivity contribution in [3.05, 3.63) is 82.9 Å². The third-order valence-electron chi connectivity index (χ3n) is 5.62. The van der Waals surface area contributed by atoms with Gasteiger partial charge in [-0.05, 0) is 49.9 Å². The first-order chi connectivity index (χ1) is 19.2. The van der Waals surface area contributed by atoms with Gasteiger partial charge in [0, 0.05) is 35.4 Å². The van der Waals surface area contributed by atoms with E-state index in [9.17, 15) is 39.0 Å². The Hall–Kier alpha value is -5.00. The number of carboxylic acids is 2. The molecule has 0 bridgehead atoms. The fourth-order valence-corrected chi connectivity index (χ4v) is 3.59. The SMILES string of the molecule is O=C(CNC(=O)c1ccccc1)NCCC/C(C(=O)O)=C(/CCCNC(=O)CNC(=O)c1ccccc1)C(=O)O. The van der Waals surface area contributed by atoms with Crippen molar-refractivity contribution < 1.29 is 39.0 Å². The molecule has 0 saturated heterocycles. The van der Waals surface area contributed by atoms with E-state index in [4.69, 9.17) is 0 Å². The Morgan fingerprint density at radius 1 is 0.525 bits per heavy atom. The number of aliphatic carboxylic acids is 2. The molecular formula is C28H32N4O8. The van der Waals surface area contributed by atoms with Crippen molar-refractivity contribution >= 4 is 35.6 Å². The van der Waals surface area contributed by atoms with Crippen LogP contribution in [0.5, 0.6) is 0 Å². The van der Waals surface area contributed by atoms with Gasteiger partial charge in [0.25, 0.3) is 11.8 Å². The van der Waals surface area contributed by atoms with Crippen LogP contribution in [-0.4, -0.2) is 72.0 Å². The fourth-order valence-electron chi connectivity index (χ4n) is 3.59. The molecule has 40 heavy (non-hydrogen) atoms. The first-order valence-electron chi connectivity index (χ1n) is 12.6. The fraction of sp³-hybridized carbons (Fsp3) is 0.286. The zero-order valence-corrected chi connectivity index (χ0v) is 21.8. The van der Waals surface area contributed by atoms with E-state index in [2.05, 4.69) is 21.3 Å². The van der Waals surface area contributed by atoms with Gasteiger partial charge in [-0.25, -0.2) is 9.59 Å². The molecule has 12 nitrogen and oxygen atoms in total. The predicted molar refractivity (Wildman–Crippen MR) is 144 cm³/mol. The normalized spacial score (nSPS) is 11.0. The zero-order chi connectivity index (χ0) is 29.3. The Morgan fingerprint density at radius 3 is 1.20 bits per heavy atom. The molecule has 0 saturated carbocycles. The number of carboxylic acid groups (broad SMARTS) is 2. The zero-order valence-electron chi connectivity index (χ0n) is 21.8. The number of nitrogens with one attached hydrogen (secondary N) is 4. The molecule has 0 spiro atoms. The van der Waals surface area contributed by atoms with E-state index in [0.717, 1.165) is 0 Å². The summed E-state index contributed by atoms with van der Waals surface area (Å²) in [6, 6.07) is 16.7. The minimum Gasteiger partial charge on any atom is -0.478 e. The van der Waals surface area contributed by atoms with Crippen LogP contribution in [-0.2, 0) is 19.2 Å². The summed E-state index contributed by atoms with van der Waals surface area (Å²) in [7, 11) is 0. The number of hydrogen-bond acceptors (Lipinski definition) is 6. The molecule has 0 heterocycles. The highest BCUT2D eigenvalue weighted by Crippen LogP contribution is 2.17. The van der Waals surface area contributed by atoms with Crippen molar-refractivity contribution in [2.24, 2.45) is 0 Å². The number of carbonyl (C=O) groups excluding carboxylic acids is 4. The molecule has 0 aliphatic heterocycles. The van der Waals surface area contributed by atoms with Gasteiger partial charge in [-0.2, -0.15) is 0 Å². The minimum absolute atomic E-state index is 0.0779. The van der Waals surface area contributed by atoms with E-state index in [1.54, 1.807) is 60.7 Å². The van der Waals surface area contributed by atoms with Gasteiger partial charge in [0.2, 0.25) is 11.8 Å². The van der Waals surface area contributed by atoms with Crippen LogP contribution in [0, 0.1) is 0 Å². The number of carbonyl (C=O) groups is 6. The van der Waals surface area contributed by atoms with Crippen molar-refractivity contribution in [3.63, 3.8) is 0 Å². The first-order valence-corrected chi connectivity index (χ1v) is 12.6. The maximum Gasteiger partial charge on any atom is 0.332 e. The van der Waals surface area contributed by atoms with Gasteiger partial charge in [0.15, 0.2) is 0 Å².